The molecule has 0 saturated heterocycles. The number of halogens is 6. The molecule has 1 aromatic rings. The number of hydrogen-bond donors (Lipinski definition) is 1. The van der Waals surface area contributed by atoms with Crippen molar-refractivity contribution in [2.24, 2.45) is 5.73 Å². The van der Waals surface area contributed by atoms with E-state index in [0.29, 0.717) is 0 Å². The fourth-order valence-corrected chi connectivity index (χ4v) is 1.79. The third kappa shape index (κ3) is 3.91. The van der Waals surface area contributed by atoms with Crippen molar-refractivity contribution in [3.05, 3.63) is 21.0 Å². The summed E-state index contributed by atoms with van der Waals surface area (Å²) in [4.78, 5) is 3.32. The molecule has 1 aromatic heterocycles. The van der Waals surface area contributed by atoms with Gasteiger partial charge in [0.2, 0.25) is 0 Å². The van der Waals surface area contributed by atoms with Gasteiger partial charge in [-0.15, -0.1) is 13.2 Å². The Morgan fingerprint density at radius 1 is 1.41 bits per heavy atom. The summed E-state index contributed by atoms with van der Waals surface area (Å²) in [5.41, 5.74) is 4.38. The first kappa shape index (κ1) is 14.4. The van der Waals surface area contributed by atoms with E-state index in [0.717, 1.165) is 6.07 Å². The number of nitrogens with two attached hydrogens (primary N) is 1. The number of hydrogen-bond acceptors (Lipinski definition) is 3. The molecule has 2 N–H and O–H groups in total. The van der Waals surface area contributed by atoms with Crippen LogP contribution in [0.3, 0.4) is 0 Å². The van der Waals surface area contributed by atoms with Crippen LogP contribution in [0.25, 0.3) is 0 Å². The number of pyridine rings is 1. The van der Waals surface area contributed by atoms with Gasteiger partial charge in [-0.1, -0.05) is 0 Å². The van der Waals surface area contributed by atoms with Crippen LogP contribution in [0, 0.1) is 3.70 Å². The van der Waals surface area contributed by atoms with E-state index >= 15 is 0 Å². The van der Waals surface area contributed by atoms with E-state index in [4.69, 9.17) is 5.73 Å². The molecule has 0 amide bonds. The second-order valence-electron chi connectivity index (χ2n) is 2.88. The molecule has 1 heterocycles. The maximum Gasteiger partial charge on any atom is 0.573 e. The minimum atomic E-state index is -4.92. The molecule has 0 fully saturated rings. The van der Waals surface area contributed by atoms with Crippen LogP contribution in [0.4, 0.5) is 22.0 Å². The van der Waals surface area contributed by atoms with Crippen molar-refractivity contribution in [2.75, 3.05) is 0 Å². The van der Waals surface area contributed by atoms with Gasteiger partial charge in [0.25, 0.3) is 6.43 Å². The minimum Gasteiger partial charge on any atom is -0.403 e. The average molecular weight is 368 g/mol. The van der Waals surface area contributed by atoms with Gasteiger partial charge in [-0.25, -0.2) is 13.8 Å². The van der Waals surface area contributed by atoms with Gasteiger partial charge in [0.15, 0.2) is 5.75 Å². The lowest BCUT2D eigenvalue weighted by Crippen LogP contribution is -2.20. The lowest BCUT2D eigenvalue weighted by atomic mass is 10.2. The molecular weight excluding hydrogens is 362 g/mol. The second-order valence-corrected chi connectivity index (χ2v) is 3.90. The largest absolute Gasteiger partial charge is 0.573 e. The molecule has 1 rings (SSSR count). The standard InChI is InChI=1S/C8H6F5IN2O/c9-6(10)4-1-3(2-15)5(7(14)16-4)17-8(11,12)13/h1,6H,2,15H2. The van der Waals surface area contributed by atoms with Crippen LogP contribution in [0.15, 0.2) is 6.07 Å². The zero-order chi connectivity index (χ0) is 13.2. The fourth-order valence-electron chi connectivity index (χ4n) is 1.06. The summed E-state index contributed by atoms with van der Waals surface area (Å²) in [5, 5.41) is 0. The van der Waals surface area contributed by atoms with Gasteiger partial charge in [0.1, 0.15) is 9.39 Å². The Labute approximate surface area is 106 Å². The van der Waals surface area contributed by atoms with Gasteiger partial charge in [-0.05, 0) is 28.7 Å². The number of alkyl halides is 5. The first-order chi connectivity index (χ1) is 7.74. The Morgan fingerprint density at radius 3 is 2.41 bits per heavy atom. The maximum atomic E-state index is 12.4. The van der Waals surface area contributed by atoms with Crippen molar-refractivity contribution in [2.45, 2.75) is 19.3 Å². The van der Waals surface area contributed by atoms with E-state index in [1.165, 1.54) is 22.6 Å². The highest BCUT2D eigenvalue weighted by atomic mass is 127. The smallest absolute Gasteiger partial charge is 0.403 e. The first-order valence-electron chi connectivity index (χ1n) is 4.18. The van der Waals surface area contributed by atoms with E-state index < -0.39 is 24.2 Å². The lowest BCUT2D eigenvalue weighted by Gasteiger charge is -2.14. The van der Waals surface area contributed by atoms with Gasteiger partial charge in [-0.3, -0.25) is 0 Å². The van der Waals surface area contributed by atoms with Gasteiger partial charge in [-0.2, -0.15) is 0 Å². The summed E-state index contributed by atoms with van der Waals surface area (Å²) >= 11 is 1.38. The van der Waals surface area contributed by atoms with Crippen molar-refractivity contribution >= 4 is 22.6 Å². The lowest BCUT2D eigenvalue weighted by molar-refractivity contribution is -0.275. The van der Waals surface area contributed by atoms with Crippen LogP contribution in [-0.4, -0.2) is 11.3 Å². The topological polar surface area (TPSA) is 48.1 Å². The van der Waals surface area contributed by atoms with Crippen molar-refractivity contribution in [1.29, 1.82) is 0 Å². The van der Waals surface area contributed by atoms with E-state index in [1.807, 2.05) is 0 Å². The highest BCUT2D eigenvalue weighted by Crippen LogP contribution is 2.32. The molecule has 9 heteroatoms. The highest BCUT2D eigenvalue weighted by Gasteiger charge is 2.33. The van der Waals surface area contributed by atoms with E-state index in [2.05, 4.69) is 9.72 Å². The molecule has 0 aliphatic heterocycles. The van der Waals surface area contributed by atoms with Gasteiger partial charge >= 0.3 is 6.36 Å². The fraction of sp³-hybridized carbons (Fsp3) is 0.375. The number of nitrogens with zero attached hydrogens (tertiary/aromatic N) is 1. The second kappa shape index (κ2) is 5.29. The minimum absolute atomic E-state index is 0.169. The molecular formula is C8H6F5IN2O. The van der Waals surface area contributed by atoms with Crippen molar-refractivity contribution in [3.63, 3.8) is 0 Å². The van der Waals surface area contributed by atoms with E-state index in [-0.39, 0.29) is 15.8 Å². The number of ether oxygens (including phenoxy) is 1. The van der Waals surface area contributed by atoms with Crippen LogP contribution < -0.4 is 10.5 Å². The Balaban J connectivity index is 3.21. The summed E-state index contributed by atoms with van der Waals surface area (Å²) in [6.07, 6.45) is -7.80. The molecule has 0 unspecified atom stereocenters. The summed E-state index contributed by atoms with van der Waals surface area (Å²) in [5.74, 6) is -0.634. The molecule has 0 aliphatic carbocycles. The van der Waals surface area contributed by atoms with Gasteiger partial charge in [0.05, 0.1) is 0 Å². The Kier molecular flexibility index (Phi) is 4.47. The quantitative estimate of drug-likeness (QED) is 0.507. The molecule has 0 radical (unpaired) electrons. The van der Waals surface area contributed by atoms with E-state index in [9.17, 15) is 22.0 Å². The summed E-state index contributed by atoms with van der Waals surface area (Å²) < 4.78 is 64.3. The van der Waals surface area contributed by atoms with E-state index in [1.54, 1.807) is 0 Å². The van der Waals surface area contributed by atoms with Crippen molar-refractivity contribution in [3.8, 4) is 5.75 Å². The molecule has 96 valence electrons. The highest BCUT2D eigenvalue weighted by molar-refractivity contribution is 14.1. The molecule has 0 saturated carbocycles. The third-order valence-electron chi connectivity index (χ3n) is 1.69. The Morgan fingerprint density at radius 2 is 2.00 bits per heavy atom. The van der Waals surface area contributed by atoms with Crippen LogP contribution in [0.5, 0.6) is 5.75 Å². The number of aromatic nitrogens is 1. The van der Waals surface area contributed by atoms with Crippen LogP contribution in [-0.2, 0) is 6.54 Å². The molecule has 0 atom stereocenters. The molecule has 0 bridgehead atoms. The van der Waals surface area contributed by atoms with Gasteiger partial charge in [0, 0.05) is 12.1 Å². The summed E-state index contributed by atoms with van der Waals surface area (Å²) in [6, 6.07) is 0.800. The zero-order valence-electron chi connectivity index (χ0n) is 8.06. The SMILES string of the molecule is NCc1cc(C(F)F)nc(I)c1OC(F)(F)F. The predicted molar refractivity (Wildman–Crippen MR) is 56.5 cm³/mol. The molecule has 17 heavy (non-hydrogen) atoms. The zero-order valence-corrected chi connectivity index (χ0v) is 10.2. The molecule has 0 aliphatic rings. The monoisotopic (exact) mass is 368 g/mol. The van der Waals surface area contributed by atoms with Crippen LogP contribution in [0.1, 0.15) is 17.7 Å². The number of rotatable bonds is 3. The summed E-state index contributed by atoms with van der Waals surface area (Å²) in [6.45, 7) is -0.357. The normalized spacial score (nSPS) is 12.0. The third-order valence-corrected chi connectivity index (χ3v) is 2.42. The van der Waals surface area contributed by atoms with Crippen molar-refractivity contribution < 1.29 is 26.7 Å². The molecule has 0 spiro atoms. The van der Waals surface area contributed by atoms with Gasteiger partial charge < -0.3 is 10.5 Å². The Bertz CT molecular complexity index is 410. The maximum absolute atomic E-state index is 12.4. The van der Waals surface area contributed by atoms with Crippen LogP contribution >= 0.6 is 22.6 Å². The van der Waals surface area contributed by atoms with Crippen molar-refractivity contribution in [1.82, 2.24) is 4.98 Å². The first-order valence-corrected chi connectivity index (χ1v) is 5.25. The molecule has 3 nitrogen and oxygen atoms in total. The summed E-state index contributed by atoms with van der Waals surface area (Å²) in [7, 11) is 0. The molecule has 0 aromatic carbocycles. The predicted octanol–water partition coefficient (Wildman–Crippen LogP) is 2.98. The van der Waals surface area contributed by atoms with Crippen LogP contribution in [0.2, 0.25) is 0 Å². The average Bonchev–Trinajstić information content (AvgIpc) is 2.18. The Hall–Kier alpha value is -0.710.